The molecule has 1 heteroatoms. The number of pyridine rings is 1. The molecule has 0 aliphatic heterocycles. The van der Waals surface area contributed by atoms with Crippen molar-refractivity contribution in [1.29, 1.82) is 0 Å². The molecule has 22 heavy (non-hydrogen) atoms. The molecule has 0 spiro atoms. The summed E-state index contributed by atoms with van der Waals surface area (Å²) in [6.07, 6.45) is 4.61. The van der Waals surface area contributed by atoms with E-state index < -0.39 is 0 Å². The van der Waals surface area contributed by atoms with Crippen LogP contribution >= 0.6 is 0 Å². The van der Waals surface area contributed by atoms with E-state index in [1.807, 2.05) is 0 Å². The van der Waals surface area contributed by atoms with Gasteiger partial charge in [-0.15, -0.1) is 0 Å². The molecule has 1 aliphatic carbocycles. The molecule has 4 rings (SSSR count). The van der Waals surface area contributed by atoms with Crippen LogP contribution in [0.25, 0.3) is 22.6 Å². The number of fused-ring (bicyclic) bond motifs is 2. The molecule has 0 N–H and O–H groups in total. The van der Waals surface area contributed by atoms with E-state index in [0.717, 1.165) is 12.8 Å². The van der Waals surface area contributed by atoms with Gasteiger partial charge in [0.05, 0.1) is 0 Å². The highest BCUT2D eigenvalue weighted by atomic mass is 14.9. The number of para-hydroxylation sites is 1. The average molecular weight is 288 g/mol. The maximum Gasteiger partial charge on any atom is 0.212 e. The van der Waals surface area contributed by atoms with Crippen molar-refractivity contribution < 1.29 is 4.57 Å². The Bertz CT molecular complexity index is 844. The predicted molar refractivity (Wildman–Crippen MR) is 94.5 cm³/mol. The Labute approximate surface area is 132 Å². The fourth-order valence-electron chi connectivity index (χ4n) is 3.40. The Morgan fingerprint density at radius 3 is 2.45 bits per heavy atom. The van der Waals surface area contributed by atoms with E-state index in [0.29, 0.717) is 0 Å². The van der Waals surface area contributed by atoms with E-state index in [9.17, 15) is 0 Å². The molecular formula is C21H22N+. The zero-order valence-corrected chi connectivity index (χ0v) is 12.2. The molecule has 0 amide bonds. The van der Waals surface area contributed by atoms with Crippen molar-refractivity contribution >= 4 is 22.6 Å². The van der Waals surface area contributed by atoms with Crippen molar-refractivity contribution in [3.63, 3.8) is 0 Å². The lowest BCUT2D eigenvalue weighted by molar-refractivity contribution is -0.647. The van der Waals surface area contributed by atoms with Gasteiger partial charge in [0, 0.05) is 22.6 Å². The van der Waals surface area contributed by atoms with Crippen LogP contribution in [0.2, 0.25) is 0 Å². The van der Waals surface area contributed by atoms with Gasteiger partial charge in [0.15, 0.2) is 0 Å². The average Bonchev–Trinajstić information content (AvgIpc) is 2.92. The van der Waals surface area contributed by atoms with Gasteiger partial charge in [0.1, 0.15) is 7.05 Å². The maximum absolute atomic E-state index is 2.36. The number of allylic oxidation sites excluding steroid dienone is 1. The number of hydrogen-bond acceptors (Lipinski definition) is 0. The topological polar surface area (TPSA) is 3.88 Å². The van der Waals surface area contributed by atoms with E-state index >= 15 is 0 Å². The molecule has 1 nitrogen and oxygen atoms in total. The molecule has 1 heterocycles. The van der Waals surface area contributed by atoms with Crippen LogP contribution in [0.4, 0.5) is 0 Å². The van der Waals surface area contributed by atoms with E-state index in [4.69, 9.17) is 0 Å². The molecule has 0 radical (unpaired) electrons. The molecule has 2 aromatic carbocycles. The molecule has 0 saturated carbocycles. The summed E-state index contributed by atoms with van der Waals surface area (Å²) < 4.78 is 2.35. The minimum absolute atomic E-state index is 0. The van der Waals surface area contributed by atoms with Gasteiger partial charge >= 0.3 is 0 Å². The normalized spacial score (nSPS) is 14.9. The van der Waals surface area contributed by atoms with Crippen molar-refractivity contribution in [2.45, 2.75) is 20.3 Å². The number of aromatic nitrogens is 1. The first kappa shape index (κ1) is 14.5. The first-order chi connectivity index (χ1) is 10.3. The molecular weight excluding hydrogens is 266 g/mol. The molecule has 1 aromatic heterocycles. The van der Waals surface area contributed by atoms with Crippen molar-refractivity contribution in [2.75, 3.05) is 0 Å². The summed E-state index contributed by atoms with van der Waals surface area (Å²) in [7, 11) is 2.19. The summed E-state index contributed by atoms with van der Waals surface area (Å²) in [5.74, 6) is 0. The van der Waals surface area contributed by atoms with Crippen LogP contribution < -0.4 is 4.57 Å². The first-order valence-corrected chi connectivity index (χ1v) is 7.49. The van der Waals surface area contributed by atoms with Gasteiger partial charge in [-0.2, -0.15) is 4.57 Å². The van der Waals surface area contributed by atoms with Gasteiger partial charge in [-0.25, -0.2) is 0 Å². The van der Waals surface area contributed by atoms with Crippen LogP contribution in [-0.4, -0.2) is 0 Å². The van der Waals surface area contributed by atoms with E-state index in [1.54, 1.807) is 0 Å². The van der Waals surface area contributed by atoms with E-state index in [-0.39, 0.29) is 7.43 Å². The highest BCUT2D eigenvalue weighted by Crippen LogP contribution is 2.32. The number of nitrogens with zero attached hydrogens (tertiary/aromatic N) is 1. The van der Waals surface area contributed by atoms with Crippen molar-refractivity contribution in [1.82, 2.24) is 0 Å². The molecule has 0 fully saturated rings. The Morgan fingerprint density at radius 2 is 1.64 bits per heavy atom. The summed E-state index contributed by atoms with van der Waals surface area (Å²) in [5, 5.41) is 1.33. The van der Waals surface area contributed by atoms with Crippen molar-refractivity contribution in [3.8, 4) is 0 Å². The second-order valence-corrected chi connectivity index (χ2v) is 5.72. The van der Waals surface area contributed by atoms with Gasteiger partial charge in [0.25, 0.3) is 0 Å². The summed E-state index contributed by atoms with van der Waals surface area (Å²) in [4.78, 5) is 0. The quantitative estimate of drug-likeness (QED) is 0.567. The lowest BCUT2D eigenvalue weighted by atomic mass is 10.1. The van der Waals surface area contributed by atoms with Crippen LogP contribution in [0.15, 0.2) is 60.7 Å². The zero-order valence-electron chi connectivity index (χ0n) is 12.2. The zero-order chi connectivity index (χ0) is 14.2. The van der Waals surface area contributed by atoms with Crippen molar-refractivity contribution in [3.05, 3.63) is 77.5 Å². The molecule has 0 bridgehead atoms. The Kier molecular flexibility index (Phi) is 3.81. The lowest BCUT2D eigenvalue weighted by Crippen LogP contribution is -2.34. The Morgan fingerprint density at radius 1 is 0.909 bits per heavy atom. The number of benzene rings is 2. The SMILES string of the molecule is C.C[n+]1c2c(cc3ccccc31)CC/C2=C\c1ccccc1. The highest BCUT2D eigenvalue weighted by Gasteiger charge is 2.27. The van der Waals surface area contributed by atoms with Crippen LogP contribution in [0.5, 0.6) is 0 Å². The second kappa shape index (κ2) is 5.76. The predicted octanol–water partition coefficient (Wildman–Crippen LogP) is 4.79. The fourth-order valence-corrected chi connectivity index (χ4v) is 3.40. The highest BCUT2D eigenvalue weighted by molar-refractivity contribution is 5.86. The third kappa shape index (κ3) is 2.33. The summed E-state index contributed by atoms with van der Waals surface area (Å²) in [6.45, 7) is 0. The minimum atomic E-state index is 0. The standard InChI is InChI=1S/C20H18N.CH4/c1-21-19-10-6-5-9-16(19)14-18-12-11-17(20(18)21)13-15-7-3-2-4-8-15;/h2-10,13-14H,11-12H2,1H3;1H4/q+1;/b17-13+;. The molecule has 0 saturated heterocycles. The molecule has 0 atom stereocenters. The molecule has 110 valence electrons. The van der Waals surface area contributed by atoms with Crippen LogP contribution in [-0.2, 0) is 13.5 Å². The second-order valence-electron chi connectivity index (χ2n) is 5.72. The van der Waals surface area contributed by atoms with Crippen molar-refractivity contribution in [2.24, 2.45) is 7.05 Å². The van der Waals surface area contributed by atoms with Gasteiger partial charge in [-0.3, -0.25) is 0 Å². The van der Waals surface area contributed by atoms with Crippen LogP contribution in [0, 0.1) is 0 Å². The van der Waals surface area contributed by atoms with Crippen LogP contribution in [0.3, 0.4) is 0 Å². The summed E-state index contributed by atoms with van der Waals surface area (Å²) in [6, 6.07) is 21.6. The van der Waals surface area contributed by atoms with Gasteiger partial charge in [-0.05, 0) is 36.6 Å². The molecule has 3 aromatic rings. The Hall–Kier alpha value is -2.41. The van der Waals surface area contributed by atoms with E-state index in [2.05, 4.69) is 78.4 Å². The fraction of sp³-hybridized carbons (Fsp3) is 0.190. The number of aryl methyl sites for hydroxylation is 2. The summed E-state index contributed by atoms with van der Waals surface area (Å²) in [5.41, 5.74) is 6.91. The lowest BCUT2D eigenvalue weighted by Gasteiger charge is -2.04. The monoisotopic (exact) mass is 288 g/mol. The first-order valence-electron chi connectivity index (χ1n) is 7.49. The summed E-state index contributed by atoms with van der Waals surface area (Å²) >= 11 is 0. The van der Waals surface area contributed by atoms with Gasteiger partial charge in [0.2, 0.25) is 11.2 Å². The number of hydrogen-bond donors (Lipinski definition) is 0. The number of rotatable bonds is 1. The molecule has 1 aliphatic rings. The maximum atomic E-state index is 2.36. The smallest absolute Gasteiger partial charge is 0.194 e. The van der Waals surface area contributed by atoms with Crippen LogP contribution in [0.1, 0.15) is 30.7 Å². The third-order valence-corrected chi connectivity index (χ3v) is 4.38. The Balaban J connectivity index is 0.00000144. The largest absolute Gasteiger partial charge is 0.212 e. The minimum Gasteiger partial charge on any atom is -0.194 e. The third-order valence-electron chi connectivity index (χ3n) is 4.38. The van der Waals surface area contributed by atoms with E-state index in [1.165, 1.54) is 33.3 Å². The van der Waals surface area contributed by atoms with Gasteiger partial charge < -0.3 is 0 Å². The molecule has 0 unspecified atom stereocenters. The van der Waals surface area contributed by atoms with Gasteiger partial charge in [-0.1, -0.05) is 49.9 Å².